The molecule has 0 aliphatic rings. The summed E-state index contributed by atoms with van der Waals surface area (Å²) in [6, 6.07) is 0. The van der Waals surface area contributed by atoms with Gasteiger partial charge in [0.2, 0.25) is 0 Å². The van der Waals surface area contributed by atoms with Crippen molar-refractivity contribution in [1.29, 1.82) is 0 Å². The minimum absolute atomic E-state index is 0.0530. The van der Waals surface area contributed by atoms with Crippen LogP contribution in [0, 0.1) is 6.92 Å². The first-order chi connectivity index (χ1) is 9.69. The standard InChI is InChI=1S/C14H22N2O3.C2H6/c1-9(2)18-12-8-15-7-11(10(12)3)16-13(17)19-14(4,5)6;1-2/h7-9H,1-6H3,(H,16,17);1-2H3. The first-order valence-corrected chi connectivity index (χ1v) is 7.30. The topological polar surface area (TPSA) is 60.5 Å². The molecule has 1 heterocycles. The van der Waals surface area contributed by atoms with Crippen LogP contribution in [0.2, 0.25) is 0 Å². The number of rotatable bonds is 3. The molecule has 0 fully saturated rings. The van der Waals surface area contributed by atoms with E-state index in [1.807, 2.05) is 55.4 Å². The highest BCUT2D eigenvalue weighted by Crippen LogP contribution is 2.25. The van der Waals surface area contributed by atoms with Gasteiger partial charge >= 0.3 is 6.09 Å². The summed E-state index contributed by atoms with van der Waals surface area (Å²) >= 11 is 0. The molecular formula is C16H28N2O3. The summed E-state index contributed by atoms with van der Waals surface area (Å²) in [6.07, 6.45) is 2.76. The minimum atomic E-state index is -0.530. The number of carbonyl (C=O) groups excluding carboxylic acids is 1. The number of pyridine rings is 1. The van der Waals surface area contributed by atoms with Crippen molar-refractivity contribution in [2.24, 2.45) is 0 Å². The SMILES string of the molecule is CC.Cc1c(NC(=O)OC(C)(C)C)cncc1OC(C)C. The molecule has 0 saturated heterocycles. The summed E-state index contributed by atoms with van der Waals surface area (Å²) in [5, 5.41) is 2.68. The van der Waals surface area contributed by atoms with Gasteiger partial charge in [-0.2, -0.15) is 0 Å². The van der Waals surface area contributed by atoms with Gasteiger partial charge in [0.15, 0.2) is 0 Å². The third-order valence-corrected chi connectivity index (χ3v) is 2.17. The van der Waals surface area contributed by atoms with E-state index in [0.717, 1.165) is 5.56 Å². The Morgan fingerprint density at radius 3 is 2.29 bits per heavy atom. The molecule has 5 heteroatoms. The second kappa shape index (κ2) is 8.49. The van der Waals surface area contributed by atoms with Crippen molar-refractivity contribution in [3.8, 4) is 5.75 Å². The van der Waals surface area contributed by atoms with Gasteiger partial charge in [0.25, 0.3) is 0 Å². The van der Waals surface area contributed by atoms with E-state index < -0.39 is 11.7 Å². The first-order valence-electron chi connectivity index (χ1n) is 7.30. The molecule has 0 radical (unpaired) electrons. The Morgan fingerprint density at radius 2 is 1.81 bits per heavy atom. The summed E-state index contributed by atoms with van der Waals surface area (Å²) in [6.45, 7) is 15.2. The van der Waals surface area contributed by atoms with Crippen LogP contribution >= 0.6 is 0 Å². The molecule has 0 atom stereocenters. The van der Waals surface area contributed by atoms with Gasteiger partial charge in [-0.25, -0.2) is 4.79 Å². The van der Waals surface area contributed by atoms with Crippen molar-refractivity contribution in [3.05, 3.63) is 18.0 Å². The number of hydrogen-bond acceptors (Lipinski definition) is 4. The minimum Gasteiger partial charge on any atom is -0.489 e. The molecule has 0 saturated carbocycles. The molecule has 0 spiro atoms. The Hall–Kier alpha value is -1.78. The maximum absolute atomic E-state index is 11.7. The quantitative estimate of drug-likeness (QED) is 0.888. The Kier molecular flexibility index (Phi) is 7.77. The number of anilines is 1. The zero-order valence-corrected chi connectivity index (χ0v) is 14.4. The van der Waals surface area contributed by atoms with Crippen LogP contribution in [0.5, 0.6) is 5.75 Å². The Bertz CT molecular complexity index is 451. The van der Waals surface area contributed by atoms with Gasteiger partial charge in [0, 0.05) is 5.56 Å². The fourth-order valence-electron chi connectivity index (χ4n) is 1.42. The lowest BCUT2D eigenvalue weighted by atomic mass is 10.2. The van der Waals surface area contributed by atoms with Gasteiger partial charge in [-0.3, -0.25) is 10.3 Å². The number of ether oxygens (including phenoxy) is 2. The summed E-state index contributed by atoms with van der Waals surface area (Å²) < 4.78 is 10.8. The number of amides is 1. The summed E-state index contributed by atoms with van der Waals surface area (Å²) in [4.78, 5) is 15.8. The molecule has 1 N–H and O–H groups in total. The van der Waals surface area contributed by atoms with E-state index >= 15 is 0 Å². The molecule has 0 aromatic carbocycles. The number of hydrogen-bond donors (Lipinski definition) is 1. The highest BCUT2D eigenvalue weighted by molar-refractivity contribution is 5.86. The lowest BCUT2D eigenvalue weighted by molar-refractivity contribution is 0.0635. The smallest absolute Gasteiger partial charge is 0.412 e. The van der Waals surface area contributed by atoms with Crippen LogP contribution in [0.3, 0.4) is 0 Å². The molecule has 0 aliphatic carbocycles. The first kappa shape index (κ1) is 19.2. The number of nitrogens with zero attached hydrogens (tertiary/aromatic N) is 1. The van der Waals surface area contributed by atoms with Crippen molar-refractivity contribution in [2.75, 3.05) is 5.32 Å². The fraction of sp³-hybridized carbons (Fsp3) is 0.625. The highest BCUT2D eigenvalue weighted by Gasteiger charge is 2.17. The lowest BCUT2D eigenvalue weighted by Crippen LogP contribution is -2.27. The van der Waals surface area contributed by atoms with Gasteiger partial charge in [0.1, 0.15) is 11.4 Å². The molecule has 120 valence electrons. The van der Waals surface area contributed by atoms with Crippen LogP contribution in [0.1, 0.15) is 54.0 Å². The fourth-order valence-corrected chi connectivity index (χ4v) is 1.42. The highest BCUT2D eigenvalue weighted by atomic mass is 16.6. The van der Waals surface area contributed by atoms with E-state index in [4.69, 9.17) is 9.47 Å². The van der Waals surface area contributed by atoms with Gasteiger partial charge in [0.05, 0.1) is 24.2 Å². The van der Waals surface area contributed by atoms with Crippen molar-refractivity contribution < 1.29 is 14.3 Å². The Balaban J connectivity index is 0.00000191. The van der Waals surface area contributed by atoms with E-state index in [1.54, 1.807) is 12.4 Å². The predicted molar refractivity (Wildman–Crippen MR) is 85.9 cm³/mol. The van der Waals surface area contributed by atoms with E-state index in [2.05, 4.69) is 10.3 Å². The van der Waals surface area contributed by atoms with Crippen LogP contribution in [0.25, 0.3) is 0 Å². The van der Waals surface area contributed by atoms with E-state index in [9.17, 15) is 4.79 Å². The molecule has 1 rings (SSSR count). The van der Waals surface area contributed by atoms with Crippen LogP contribution < -0.4 is 10.1 Å². The van der Waals surface area contributed by atoms with Crippen LogP contribution in [0.15, 0.2) is 12.4 Å². The summed E-state index contributed by atoms with van der Waals surface area (Å²) in [7, 11) is 0. The van der Waals surface area contributed by atoms with E-state index in [-0.39, 0.29) is 6.10 Å². The van der Waals surface area contributed by atoms with E-state index in [0.29, 0.717) is 11.4 Å². The molecule has 1 amide bonds. The van der Waals surface area contributed by atoms with Crippen molar-refractivity contribution in [1.82, 2.24) is 4.98 Å². The van der Waals surface area contributed by atoms with Gasteiger partial charge in [-0.1, -0.05) is 13.8 Å². The Morgan fingerprint density at radius 1 is 1.24 bits per heavy atom. The Labute approximate surface area is 128 Å². The lowest BCUT2D eigenvalue weighted by Gasteiger charge is -2.20. The van der Waals surface area contributed by atoms with Crippen LogP contribution in [-0.2, 0) is 4.74 Å². The monoisotopic (exact) mass is 296 g/mol. The zero-order valence-electron chi connectivity index (χ0n) is 14.4. The van der Waals surface area contributed by atoms with Gasteiger partial charge < -0.3 is 9.47 Å². The molecule has 0 unspecified atom stereocenters. The van der Waals surface area contributed by atoms with Crippen molar-refractivity contribution in [3.63, 3.8) is 0 Å². The van der Waals surface area contributed by atoms with Crippen LogP contribution in [0.4, 0.5) is 10.5 Å². The zero-order chi connectivity index (χ0) is 16.6. The van der Waals surface area contributed by atoms with Gasteiger partial charge in [-0.05, 0) is 41.5 Å². The largest absolute Gasteiger partial charge is 0.489 e. The maximum atomic E-state index is 11.7. The number of carbonyl (C=O) groups is 1. The van der Waals surface area contributed by atoms with Crippen molar-refractivity contribution in [2.45, 2.75) is 67.1 Å². The summed E-state index contributed by atoms with van der Waals surface area (Å²) in [5.41, 5.74) is 0.888. The molecule has 0 bridgehead atoms. The number of nitrogens with one attached hydrogen (secondary N) is 1. The normalized spacial score (nSPS) is 10.5. The molecule has 1 aromatic heterocycles. The molecule has 1 aromatic rings. The number of aromatic nitrogens is 1. The molecule has 5 nitrogen and oxygen atoms in total. The predicted octanol–water partition coefficient (Wildman–Crippen LogP) is 4.55. The second-order valence-corrected chi connectivity index (χ2v) is 5.60. The third kappa shape index (κ3) is 7.54. The molecule has 0 aliphatic heterocycles. The van der Waals surface area contributed by atoms with Crippen molar-refractivity contribution >= 4 is 11.8 Å². The molecule has 21 heavy (non-hydrogen) atoms. The average molecular weight is 296 g/mol. The van der Waals surface area contributed by atoms with E-state index in [1.165, 1.54) is 0 Å². The average Bonchev–Trinajstić information content (AvgIpc) is 2.34. The molecular weight excluding hydrogens is 268 g/mol. The second-order valence-electron chi connectivity index (χ2n) is 5.60. The summed E-state index contributed by atoms with van der Waals surface area (Å²) in [5.74, 6) is 0.656. The maximum Gasteiger partial charge on any atom is 0.412 e. The van der Waals surface area contributed by atoms with Crippen LogP contribution in [-0.4, -0.2) is 22.8 Å². The van der Waals surface area contributed by atoms with Gasteiger partial charge in [-0.15, -0.1) is 0 Å². The third-order valence-electron chi connectivity index (χ3n) is 2.17.